The number of nitrogens with zero attached hydrogens (tertiary/aromatic N) is 1. The van der Waals surface area contributed by atoms with Gasteiger partial charge < -0.3 is 10.1 Å². The standard InChI is InChI=1S/C10H9BrN2O3/c11-6-2-1-3-7-8(6)9(15)13(4-5-14)10(16)12-7/h1-3,14H,4-5H2,(H,12,16). The van der Waals surface area contributed by atoms with Gasteiger partial charge in [-0.15, -0.1) is 0 Å². The fraction of sp³-hybridized carbons (Fsp3) is 0.200. The van der Waals surface area contributed by atoms with Crippen LogP contribution in [-0.2, 0) is 6.54 Å². The molecule has 0 aliphatic rings. The van der Waals surface area contributed by atoms with Gasteiger partial charge in [0.1, 0.15) is 0 Å². The fourth-order valence-electron chi connectivity index (χ4n) is 1.56. The van der Waals surface area contributed by atoms with Crippen LogP contribution in [0, 0.1) is 0 Å². The lowest BCUT2D eigenvalue weighted by Crippen LogP contribution is -2.36. The number of aromatic amines is 1. The molecule has 0 radical (unpaired) electrons. The van der Waals surface area contributed by atoms with Gasteiger partial charge in [-0.05, 0) is 28.1 Å². The van der Waals surface area contributed by atoms with Gasteiger partial charge in [0.2, 0.25) is 0 Å². The number of aliphatic hydroxyl groups excluding tert-OH is 1. The summed E-state index contributed by atoms with van der Waals surface area (Å²) < 4.78 is 1.60. The summed E-state index contributed by atoms with van der Waals surface area (Å²) in [6.07, 6.45) is 0. The van der Waals surface area contributed by atoms with Crippen molar-refractivity contribution in [2.24, 2.45) is 0 Å². The molecule has 0 aliphatic carbocycles. The molecule has 0 fully saturated rings. The van der Waals surface area contributed by atoms with Crippen LogP contribution in [0.5, 0.6) is 0 Å². The molecular weight excluding hydrogens is 276 g/mol. The highest BCUT2D eigenvalue weighted by Crippen LogP contribution is 2.17. The smallest absolute Gasteiger partial charge is 0.328 e. The summed E-state index contributed by atoms with van der Waals surface area (Å²) in [6, 6.07) is 5.12. The maximum Gasteiger partial charge on any atom is 0.328 e. The first-order valence-electron chi connectivity index (χ1n) is 4.67. The van der Waals surface area contributed by atoms with Crippen LogP contribution in [0.1, 0.15) is 0 Å². The van der Waals surface area contributed by atoms with E-state index in [9.17, 15) is 9.59 Å². The second-order valence-electron chi connectivity index (χ2n) is 3.27. The molecule has 0 amide bonds. The normalized spacial score (nSPS) is 10.9. The molecule has 1 aromatic carbocycles. The van der Waals surface area contributed by atoms with Crippen molar-refractivity contribution in [1.82, 2.24) is 9.55 Å². The van der Waals surface area contributed by atoms with Crippen molar-refractivity contribution in [2.75, 3.05) is 6.61 Å². The highest BCUT2D eigenvalue weighted by atomic mass is 79.9. The van der Waals surface area contributed by atoms with Crippen molar-refractivity contribution >= 4 is 26.8 Å². The summed E-state index contributed by atoms with van der Waals surface area (Å²) in [7, 11) is 0. The maximum absolute atomic E-state index is 12.0. The van der Waals surface area contributed by atoms with Crippen molar-refractivity contribution in [3.05, 3.63) is 43.5 Å². The van der Waals surface area contributed by atoms with Crippen LogP contribution < -0.4 is 11.2 Å². The third-order valence-electron chi connectivity index (χ3n) is 2.28. The Hall–Kier alpha value is -1.40. The molecule has 0 atom stereocenters. The number of nitrogens with one attached hydrogen (secondary N) is 1. The van der Waals surface area contributed by atoms with Crippen LogP contribution in [-0.4, -0.2) is 21.3 Å². The maximum atomic E-state index is 12.0. The van der Waals surface area contributed by atoms with E-state index >= 15 is 0 Å². The van der Waals surface area contributed by atoms with Crippen molar-refractivity contribution in [3.63, 3.8) is 0 Å². The number of aromatic nitrogens is 2. The van der Waals surface area contributed by atoms with Gasteiger partial charge in [0.05, 0.1) is 24.1 Å². The Balaban J connectivity index is 2.92. The molecule has 5 nitrogen and oxygen atoms in total. The van der Waals surface area contributed by atoms with Gasteiger partial charge in [-0.3, -0.25) is 9.36 Å². The summed E-state index contributed by atoms with van der Waals surface area (Å²) in [5.41, 5.74) is -0.427. The predicted octanol–water partition coefficient (Wildman–Crippen LogP) is 0.445. The quantitative estimate of drug-likeness (QED) is 0.841. The minimum atomic E-state index is -0.510. The zero-order valence-corrected chi connectivity index (χ0v) is 9.82. The molecule has 2 aromatic rings. The minimum Gasteiger partial charge on any atom is -0.395 e. The van der Waals surface area contributed by atoms with Crippen molar-refractivity contribution in [1.29, 1.82) is 0 Å². The SMILES string of the molecule is O=c1[nH]c2cccc(Br)c2c(=O)n1CCO. The Kier molecular flexibility index (Phi) is 2.93. The summed E-state index contributed by atoms with van der Waals surface area (Å²) in [6.45, 7) is -0.260. The van der Waals surface area contributed by atoms with Crippen LogP contribution in [0.15, 0.2) is 32.3 Å². The van der Waals surface area contributed by atoms with E-state index in [1.54, 1.807) is 18.2 Å². The van der Waals surface area contributed by atoms with Crippen LogP contribution in [0.3, 0.4) is 0 Å². The van der Waals surface area contributed by atoms with E-state index in [1.165, 1.54) is 0 Å². The van der Waals surface area contributed by atoms with Gasteiger partial charge >= 0.3 is 5.69 Å². The first-order chi connectivity index (χ1) is 7.65. The van der Waals surface area contributed by atoms with Crippen molar-refractivity contribution in [2.45, 2.75) is 6.54 Å². The zero-order chi connectivity index (χ0) is 11.7. The number of hydrogen-bond acceptors (Lipinski definition) is 3. The summed E-state index contributed by atoms with van der Waals surface area (Å²) >= 11 is 3.26. The molecule has 2 N–H and O–H groups in total. The van der Waals surface area contributed by atoms with E-state index in [0.717, 1.165) is 4.57 Å². The molecule has 6 heteroatoms. The molecule has 0 unspecified atom stereocenters. The number of benzene rings is 1. The first kappa shape index (κ1) is 11.1. The zero-order valence-electron chi connectivity index (χ0n) is 8.24. The molecule has 0 spiro atoms. The second kappa shape index (κ2) is 4.23. The van der Waals surface area contributed by atoms with Gasteiger partial charge in [0, 0.05) is 4.47 Å². The lowest BCUT2D eigenvalue weighted by Gasteiger charge is -2.05. The second-order valence-corrected chi connectivity index (χ2v) is 4.13. The van der Waals surface area contributed by atoms with E-state index < -0.39 is 11.2 Å². The molecule has 2 rings (SSSR count). The third-order valence-corrected chi connectivity index (χ3v) is 2.94. The van der Waals surface area contributed by atoms with Crippen LogP contribution >= 0.6 is 15.9 Å². The minimum absolute atomic E-state index is 0.00849. The Labute approximate surface area is 98.5 Å². The predicted molar refractivity (Wildman–Crippen MR) is 63.6 cm³/mol. The number of rotatable bonds is 2. The Morgan fingerprint density at radius 2 is 2.12 bits per heavy atom. The number of H-pyrrole nitrogens is 1. The number of aliphatic hydroxyl groups is 1. The lowest BCUT2D eigenvalue weighted by atomic mass is 10.2. The van der Waals surface area contributed by atoms with Gasteiger partial charge in [-0.2, -0.15) is 0 Å². The number of halogens is 1. The molecule has 1 heterocycles. The lowest BCUT2D eigenvalue weighted by molar-refractivity contribution is 0.272. The van der Waals surface area contributed by atoms with E-state index in [-0.39, 0.29) is 13.2 Å². The Bertz CT molecular complexity index is 645. The number of hydrogen-bond donors (Lipinski definition) is 2. The Morgan fingerprint density at radius 1 is 1.38 bits per heavy atom. The fourth-order valence-corrected chi connectivity index (χ4v) is 2.09. The third kappa shape index (κ3) is 1.70. The van der Waals surface area contributed by atoms with E-state index in [1.807, 2.05) is 0 Å². The number of fused-ring (bicyclic) bond motifs is 1. The Morgan fingerprint density at radius 3 is 2.81 bits per heavy atom. The van der Waals surface area contributed by atoms with E-state index in [2.05, 4.69) is 20.9 Å². The van der Waals surface area contributed by atoms with Gasteiger partial charge in [0.25, 0.3) is 5.56 Å². The molecule has 84 valence electrons. The van der Waals surface area contributed by atoms with Crippen LogP contribution in [0.2, 0.25) is 0 Å². The molecular formula is C10H9BrN2O3. The summed E-state index contributed by atoms with van der Waals surface area (Å²) in [5.74, 6) is 0. The van der Waals surface area contributed by atoms with Crippen LogP contribution in [0.25, 0.3) is 10.9 Å². The topological polar surface area (TPSA) is 75.1 Å². The summed E-state index contributed by atoms with van der Waals surface area (Å²) in [5, 5.41) is 9.20. The largest absolute Gasteiger partial charge is 0.395 e. The molecule has 0 saturated carbocycles. The molecule has 0 bridgehead atoms. The molecule has 1 aromatic heterocycles. The van der Waals surface area contributed by atoms with Crippen molar-refractivity contribution < 1.29 is 5.11 Å². The van der Waals surface area contributed by atoms with Gasteiger partial charge in [-0.25, -0.2) is 4.79 Å². The average Bonchev–Trinajstić information content (AvgIpc) is 2.24. The molecule has 0 aliphatic heterocycles. The average molecular weight is 285 g/mol. The van der Waals surface area contributed by atoms with Gasteiger partial charge in [0.15, 0.2) is 0 Å². The van der Waals surface area contributed by atoms with E-state index in [4.69, 9.17) is 5.11 Å². The van der Waals surface area contributed by atoms with E-state index in [0.29, 0.717) is 15.4 Å². The molecule has 16 heavy (non-hydrogen) atoms. The summed E-state index contributed by atoms with van der Waals surface area (Å²) in [4.78, 5) is 26.1. The van der Waals surface area contributed by atoms with Gasteiger partial charge in [-0.1, -0.05) is 6.07 Å². The first-order valence-corrected chi connectivity index (χ1v) is 5.46. The highest BCUT2D eigenvalue weighted by Gasteiger charge is 2.09. The highest BCUT2D eigenvalue weighted by molar-refractivity contribution is 9.10. The van der Waals surface area contributed by atoms with Crippen molar-refractivity contribution in [3.8, 4) is 0 Å². The monoisotopic (exact) mass is 284 g/mol. The van der Waals surface area contributed by atoms with Crippen LogP contribution in [0.4, 0.5) is 0 Å². The molecule has 0 saturated heterocycles.